The summed E-state index contributed by atoms with van der Waals surface area (Å²) < 4.78 is 3.53. The maximum atomic E-state index is 12.9. The quantitative estimate of drug-likeness (QED) is 0.812. The molecule has 0 aliphatic carbocycles. The molecule has 2 aromatic heterocycles. The Bertz CT molecular complexity index is 731. The van der Waals surface area contributed by atoms with E-state index in [-0.39, 0.29) is 11.9 Å². The maximum absolute atomic E-state index is 12.9. The summed E-state index contributed by atoms with van der Waals surface area (Å²) in [5.74, 6) is 0.125. The van der Waals surface area contributed by atoms with Crippen LogP contribution >= 0.6 is 11.6 Å². The Morgan fingerprint density at radius 2 is 2.00 bits per heavy atom. The summed E-state index contributed by atoms with van der Waals surface area (Å²) in [6.07, 6.45) is 6.06. The lowest BCUT2D eigenvalue weighted by atomic mass is 10.1. The van der Waals surface area contributed by atoms with Crippen LogP contribution in [0.25, 0.3) is 0 Å². The lowest BCUT2D eigenvalue weighted by Gasteiger charge is -2.36. The number of halogens is 1. The van der Waals surface area contributed by atoms with E-state index in [0.29, 0.717) is 11.4 Å². The first-order valence-corrected chi connectivity index (χ1v) is 9.05. The third kappa shape index (κ3) is 4.04. The molecule has 0 aromatic carbocycles. The summed E-state index contributed by atoms with van der Waals surface area (Å²) in [4.78, 5) is 17.2. The molecule has 1 saturated heterocycles. The molecular formula is C17H25ClN6O. The van der Waals surface area contributed by atoms with Crippen molar-refractivity contribution in [3.05, 3.63) is 34.9 Å². The van der Waals surface area contributed by atoms with Gasteiger partial charge in [-0.3, -0.25) is 19.1 Å². The lowest BCUT2D eigenvalue weighted by molar-refractivity contribution is -0.137. The first-order valence-electron chi connectivity index (χ1n) is 8.68. The van der Waals surface area contributed by atoms with Gasteiger partial charge in [0.2, 0.25) is 5.91 Å². The van der Waals surface area contributed by atoms with Crippen molar-refractivity contribution in [1.29, 1.82) is 0 Å². The van der Waals surface area contributed by atoms with Gasteiger partial charge in [0.25, 0.3) is 0 Å². The Kier molecular flexibility index (Phi) is 5.44. The molecular weight excluding hydrogens is 340 g/mol. The zero-order chi connectivity index (χ0) is 18.0. The van der Waals surface area contributed by atoms with Gasteiger partial charge in [0.15, 0.2) is 0 Å². The van der Waals surface area contributed by atoms with E-state index < -0.39 is 0 Å². The van der Waals surface area contributed by atoms with Gasteiger partial charge >= 0.3 is 0 Å². The Morgan fingerprint density at radius 3 is 2.52 bits per heavy atom. The standard InChI is InChI=1S/C17H25ClN6O/c1-4-16(24-12-15(18)9-19-24)17(25)23-7-5-22(6-8-23)11-14-10-21(3)20-13(14)2/h9-10,12,16H,4-8,11H2,1-3H3. The number of aromatic nitrogens is 4. The van der Waals surface area contributed by atoms with Crippen molar-refractivity contribution in [2.75, 3.05) is 26.2 Å². The molecule has 0 saturated carbocycles. The molecule has 0 N–H and O–H groups in total. The van der Waals surface area contributed by atoms with Gasteiger partial charge in [0.1, 0.15) is 6.04 Å². The number of rotatable bonds is 5. The highest BCUT2D eigenvalue weighted by atomic mass is 35.5. The maximum Gasteiger partial charge on any atom is 0.247 e. The van der Waals surface area contributed by atoms with Gasteiger partial charge in [-0.05, 0) is 13.3 Å². The van der Waals surface area contributed by atoms with E-state index in [1.807, 2.05) is 30.5 Å². The lowest BCUT2D eigenvalue weighted by Crippen LogP contribution is -2.50. The molecule has 25 heavy (non-hydrogen) atoms. The van der Waals surface area contributed by atoms with Crippen LogP contribution in [-0.4, -0.2) is 61.4 Å². The average Bonchev–Trinajstić information content (AvgIpc) is 3.14. The zero-order valence-electron chi connectivity index (χ0n) is 15.0. The first-order chi connectivity index (χ1) is 12.0. The van der Waals surface area contributed by atoms with E-state index in [9.17, 15) is 4.79 Å². The Hall–Kier alpha value is -1.86. The minimum atomic E-state index is -0.278. The number of carbonyl (C=O) groups excluding carboxylic acids is 1. The van der Waals surface area contributed by atoms with E-state index in [2.05, 4.69) is 21.3 Å². The van der Waals surface area contributed by atoms with Crippen LogP contribution in [0.4, 0.5) is 0 Å². The number of aryl methyl sites for hydroxylation is 2. The van der Waals surface area contributed by atoms with E-state index in [1.54, 1.807) is 17.1 Å². The van der Waals surface area contributed by atoms with Crippen LogP contribution in [-0.2, 0) is 18.4 Å². The van der Waals surface area contributed by atoms with Gasteiger partial charge in [0.05, 0.1) is 16.9 Å². The van der Waals surface area contributed by atoms with Gasteiger partial charge in [0, 0.05) is 57.7 Å². The van der Waals surface area contributed by atoms with Crippen molar-refractivity contribution in [2.45, 2.75) is 32.9 Å². The SMILES string of the molecule is CCC(C(=O)N1CCN(Cc2cn(C)nc2C)CC1)n1cc(Cl)cn1. The van der Waals surface area contributed by atoms with Crippen LogP contribution < -0.4 is 0 Å². The number of hydrogen-bond acceptors (Lipinski definition) is 4. The van der Waals surface area contributed by atoms with Crippen molar-refractivity contribution in [3.63, 3.8) is 0 Å². The average molecular weight is 365 g/mol. The second-order valence-corrected chi connectivity index (χ2v) is 7.01. The van der Waals surface area contributed by atoms with Crippen molar-refractivity contribution < 1.29 is 4.79 Å². The van der Waals surface area contributed by atoms with Crippen LogP contribution in [0.1, 0.15) is 30.6 Å². The van der Waals surface area contributed by atoms with Crippen molar-refractivity contribution in [2.24, 2.45) is 7.05 Å². The van der Waals surface area contributed by atoms with Crippen molar-refractivity contribution >= 4 is 17.5 Å². The number of amides is 1. The molecule has 1 aliphatic rings. The highest BCUT2D eigenvalue weighted by molar-refractivity contribution is 6.30. The molecule has 3 heterocycles. The number of hydrogen-bond donors (Lipinski definition) is 0. The van der Waals surface area contributed by atoms with E-state index in [0.717, 1.165) is 38.4 Å². The summed E-state index contributed by atoms with van der Waals surface area (Å²) >= 11 is 5.94. The van der Waals surface area contributed by atoms with Crippen molar-refractivity contribution in [3.8, 4) is 0 Å². The highest BCUT2D eigenvalue weighted by Gasteiger charge is 2.28. The molecule has 1 fully saturated rings. The highest BCUT2D eigenvalue weighted by Crippen LogP contribution is 2.19. The van der Waals surface area contributed by atoms with Gasteiger partial charge in [-0.1, -0.05) is 18.5 Å². The topological polar surface area (TPSA) is 59.2 Å². The van der Waals surface area contributed by atoms with Crippen LogP contribution in [0.5, 0.6) is 0 Å². The largest absolute Gasteiger partial charge is 0.338 e. The van der Waals surface area contributed by atoms with E-state index in [4.69, 9.17) is 11.6 Å². The Labute approximate surface area is 153 Å². The summed E-state index contributed by atoms with van der Waals surface area (Å²) in [7, 11) is 1.94. The van der Waals surface area contributed by atoms with Crippen LogP contribution in [0.2, 0.25) is 5.02 Å². The van der Waals surface area contributed by atoms with Gasteiger partial charge in [-0.25, -0.2) is 0 Å². The third-order valence-electron chi connectivity index (χ3n) is 4.75. The fourth-order valence-electron chi connectivity index (χ4n) is 3.34. The molecule has 1 amide bonds. The van der Waals surface area contributed by atoms with Gasteiger partial charge in [-0.2, -0.15) is 10.2 Å². The molecule has 3 rings (SSSR count). The number of nitrogens with zero attached hydrogens (tertiary/aromatic N) is 6. The summed E-state index contributed by atoms with van der Waals surface area (Å²) in [5, 5.41) is 9.16. The zero-order valence-corrected chi connectivity index (χ0v) is 15.8. The summed E-state index contributed by atoms with van der Waals surface area (Å²) in [6, 6.07) is -0.278. The Morgan fingerprint density at radius 1 is 1.28 bits per heavy atom. The molecule has 1 atom stereocenters. The smallest absolute Gasteiger partial charge is 0.247 e. The van der Waals surface area contributed by atoms with Gasteiger partial charge < -0.3 is 4.90 Å². The molecule has 136 valence electrons. The second-order valence-electron chi connectivity index (χ2n) is 6.58. The predicted octanol–water partition coefficient (Wildman–Crippen LogP) is 1.87. The number of piperazine rings is 1. The molecule has 0 radical (unpaired) electrons. The molecule has 7 nitrogen and oxygen atoms in total. The van der Waals surface area contributed by atoms with Crippen LogP contribution in [0.3, 0.4) is 0 Å². The molecule has 1 unspecified atom stereocenters. The van der Waals surface area contributed by atoms with Crippen molar-refractivity contribution in [1.82, 2.24) is 29.4 Å². The second kappa shape index (κ2) is 7.58. The van der Waals surface area contributed by atoms with E-state index in [1.165, 1.54) is 5.56 Å². The molecule has 0 bridgehead atoms. The minimum Gasteiger partial charge on any atom is -0.338 e. The molecule has 8 heteroatoms. The molecule has 1 aliphatic heterocycles. The first kappa shape index (κ1) is 17.9. The third-order valence-corrected chi connectivity index (χ3v) is 4.95. The van der Waals surface area contributed by atoms with Crippen LogP contribution in [0, 0.1) is 6.92 Å². The summed E-state index contributed by atoms with van der Waals surface area (Å²) in [5.41, 5.74) is 2.32. The molecule has 2 aromatic rings. The number of carbonyl (C=O) groups is 1. The fraction of sp³-hybridized carbons (Fsp3) is 0.588. The van der Waals surface area contributed by atoms with E-state index >= 15 is 0 Å². The monoisotopic (exact) mass is 364 g/mol. The summed E-state index contributed by atoms with van der Waals surface area (Å²) in [6.45, 7) is 8.14. The predicted molar refractivity (Wildman–Crippen MR) is 96.4 cm³/mol. The normalized spacial score (nSPS) is 17.0. The minimum absolute atomic E-state index is 0.125. The fourth-order valence-corrected chi connectivity index (χ4v) is 3.49. The van der Waals surface area contributed by atoms with Gasteiger partial charge in [-0.15, -0.1) is 0 Å². The van der Waals surface area contributed by atoms with Crippen LogP contribution in [0.15, 0.2) is 18.6 Å². The molecule has 0 spiro atoms. The Balaban J connectivity index is 1.57.